The van der Waals surface area contributed by atoms with E-state index in [1.165, 1.54) is 12.1 Å². The van der Waals surface area contributed by atoms with Gasteiger partial charge in [-0.1, -0.05) is 0 Å². The predicted octanol–water partition coefficient (Wildman–Crippen LogP) is 2.32. The number of ether oxygens (including phenoxy) is 1. The van der Waals surface area contributed by atoms with E-state index in [9.17, 15) is 14.5 Å². The maximum atomic E-state index is 13.2. The molecule has 1 fully saturated rings. The van der Waals surface area contributed by atoms with E-state index >= 15 is 0 Å². The number of nitrogens with one attached hydrogen (secondary N) is 1. The molecule has 0 spiro atoms. The molecule has 1 aromatic rings. The molecule has 2 atom stereocenters. The molecule has 1 N–H and O–H groups in total. The Labute approximate surface area is 97.7 Å². The van der Waals surface area contributed by atoms with E-state index in [0.29, 0.717) is 12.3 Å². The number of benzene rings is 1. The van der Waals surface area contributed by atoms with Crippen LogP contribution in [0.5, 0.6) is 0 Å². The van der Waals surface area contributed by atoms with Crippen molar-refractivity contribution in [3.05, 3.63) is 34.1 Å². The molecule has 2 unspecified atom stereocenters. The number of rotatable bonds is 3. The van der Waals surface area contributed by atoms with Gasteiger partial charge in [-0.3, -0.25) is 10.1 Å². The summed E-state index contributed by atoms with van der Waals surface area (Å²) in [6.45, 7) is 2.56. The van der Waals surface area contributed by atoms with Crippen LogP contribution in [0.4, 0.5) is 15.8 Å². The van der Waals surface area contributed by atoms with E-state index in [-0.39, 0.29) is 17.8 Å². The van der Waals surface area contributed by atoms with Gasteiger partial charge in [0.25, 0.3) is 5.69 Å². The van der Waals surface area contributed by atoms with Crippen LogP contribution in [0.25, 0.3) is 0 Å². The first kappa shape index (κ1) is 11.8. The molecular weight excluding hydrogens is 227 g/mol. The molecule has 2 rings (SSSR count). The van der Waals surface area contributed by atoms with Gasteiger partial charge in [-0.25, -0.2) is 4.39 Å². The molecule has 6 heteroatoms. The van der Waals surface area contributed by atoms with E-state index in [2.05, 4.69) is 5.32 Å². The second-order valence-corrected chi connectivity index (χ2v) is 4.07. The molecule has 17 heavy (non-hydrogen) atoms. The lowest BCUT2D eigenvalue weighted by Crippen LogP contribution is -2.26. The highest BCUT2D eigenvalue weighted by Crippen LogP contribution is 2.23. The van der Waals surface area contributed by atoms with Crippen LogP contribution in [0.15, 0.2) is 18.2 Å². The van der Waals surface area contributed by atoms with E-state index in [4.69, 9.17) is 4.74 Å². The summed E-state index contributed by atoms with van der Waals surface area (Å²) >= 11 is 0. The van der Waals surface area contributed by atoms with Crippen molar-refractivity contribution in [3.63, 3.8) is 0 Å². The summed E-state index contributed by atoms with van der Waals surface area (Å²) < 4.78 is 18.5. The summed E-state index contributed by atoms with van der Waals surface area (Å²) in [5.41, 5.74) is 0.165. The lowest BCUT2D eigenvalue weighted by molar-refractivity contribution is -0.385. The van der Waals surface area contributed by atoms with E-state index < -0.39 is 10.7 Å². The summed E-state index contributed by atoms with van der Waals surface area (Å²) in [6, 6.07) is 3.54. The Balaban J connectivity index is 2.17. The van der Waals surface area contributed by atoms with Gasteiger partial charge in [0.2, 0.25) is 0 Å². The quantitative estimate of drug-likeness (QED) is 0.650. The Hall–Kier alpha value is -1.69. The average Bonchev–Trinajstić information content (AvgIpc) is 2.63. The number of nitro benzene ring substituents is 1. The third-order valence-corrected chi connectivity index (χ3v) is 2.82. The lowest BCUT2D eigenvalue weighted by Gasteiger charge is -2.17. The average molecular weight is 240 g/mol. The number of hydrogen-bond donors (Lipinski definition) is 1. The van der Waals surface area contributed by atoms with Crippen LogP contribution in [-0.4, -0.2) is 23.7 Å². The second kappa shape index (κ2) is 4.67. The maximum absolute atomic E-state index is 13.2. The summed E-state index contributed by atoms with van der Waals surface area (Å²) in [4.78, 5) is 9.99. The smallest absolute Gasteiger partial charge is 0.274 e. The summed E-state index contributed by atoms with van der Waals surface area (Å²) in [5.74, 6) is -0.617. The number of non-ortho nitro benzene ring substituents is 1. The Morgan fingerprint density at radius 2 is 2.29 bits per heavy atom. The van der Waals surface area contributed by atoms with Crippen LogP contribution in [0.3, 0.4) is 0 Å². The van der Waals surface area contributed by atoms with Crippen molar-refractivity contribution in [1.29, 1.82) is 0 Å². The Kier molecular flexibility index (Phi) is 3.23. The molecule has 1 aromatic carbocycles. The first-order chi connectivity index (χ1) is 8.06. The van der Waals surface area contributed by atoms with Gasteiger partial charge < -0.3 is 10.1 Å². The maximum Gasteiger partial charge on any atom is 0.274 e. The van der Waals surface area contributed by atoms with Gasteiger partial charge in [0, 0.05) is 18.4 Å². The van der Waals surface area contributed by atoms with Gasteiger partial charge in [-0.2, -0.15) is 0 Å². The second-order valence-electron chi connectivity index (χ2n) is 4.07. The third kappa shape index (κ3) is 2.71. The molecule has 92 valence electrons. The zero-order chi connectivity index (χ0) is 12.4. The molecule has 5 nitrogen and oxygen atoms in total. The van der Waals surface area contributed by atoms with E-state index in [1.54, 1.807) is 0 Å². The van der Waals surface area contributed by atoms with Crippen molar-refractivity contribution in [1.82, 2.24) is 0 Å². The van der Waals surface area contributed by atoms with Crippen molar-refractivity contribution in [2.75, 3.05) is 11.9 Å². The first-order valence-electron chi connectivity index (χ1n) is 5.39. The minimum absolute atomic E-state index is 0.0253. The monoisotopic (exact) mass is 240 g/mol. The Morgan fingerprint density at radius 1 is 1.53 bits per heavy atom. The van der Waals surface area contributed by atoms with Crippen molar-refractivity contribution >= 4 is 11.4 Å². The fourth-order valence-corrected chi connectivity index (χ4v) is 1.90. The van der Waals surface area contributed by atoms with Crippen molar-refractivity contribution in [2.45, 2.75) is 25.5 Å². The van der Waals surface area contributed by atoms with Crippen LogP contribution >= 0.6 is 0 Å². The number of anilines is 1. The highest BCUT2D eigenvalue weighted by atomic mass is 19.1. The van der Waals surface area contributed by atoms with Crippen LogP contribution in [0, 0.1) is 15.9 Å². The highest BCUT2D eigenvalue weighted by Gasteiger charge is 2.24. The zero-order valence-electron chi connectivity index (χ0n) is 9.35. The summed E-state index contributed by atoms with van der Waals surface area (Å²) in [6.07, 6.45) is 0.836. The van der Waals surface area contributed by atoms with Crippen LogP contribution in [-0.2, 0) is 4.74 Å². The minimum atomic E-state index is -0.617. The minimum Gasteiger partial charge on any atom is -0.379 e. The standard InChI is InChI=1S/C11H13FN2O3/c1-7-11(2-3-17-7)13-9-4-8(12)5-10(6-9)14(15)16/h4-7,11,13H,2-3H2,1H3. The largest absolute Gasteiger partial charge is 0.379 e. The Morgan fingerprint density at radius 3 is 2.88 bits per heavy atom. The van der Waals surface area contributed by atoms with Gasteiger partial charge in [0.15, 0.2) is 0 Å². The highest BCUT2D eigenvalue weighted by molar-refractivity contribution is 5.52. The van der Waals surface area contributed by atoms with Gasteiger partial charge in [-0.05, 0) is 19.4 Å². The predicted molar refractivity (Wildman–Crippen MR) is 60.5 cm³/mol. The normalized spacial score (nSPS) is 23.6. The molecule has 1 aliphatic heterocycles. The SMILES string of the molecule is CC1OCCC1Nc1cc(F)cc([N+](=O)[O-])c1. The van der Waals surface area contributed by atoms with Crippen LogP contribution < -0.4 is 5.32 Å². The molecule has 0 radical (unpaired) electrons. The number of halogens is 1. The fourth-order valence-electron chi connectivity index (χ4n) is 1.90. The zero-order valence-corrected chi connectivity index (χ0v) is 9.35. The molecule has 1 aliphatic rings. The van der Waals surface area contributed by atoms with Gasteiger partial charge in [-0.15, -0.1) is 0 Å². The molecule has 0 aromatic heterocycles. The summed E-state index contributed by atoms with van der Waals surface area (Å²) in [7, 11) is 0. The number of nitrogens with zero attached hydrogens (tertiary/aromatic N) is 1. The lowest BCUT2D eigenvalue weighted by atomic mass is 10.1. The first-order valence-corrected chi connectivity index (χ1v) is 5.39. The third-order valence-electron chi connectivity index (χ3n) is 2.82. The van der Waals surface area contributed by atoms with Gasteiger partial charge in [0.05, 0.1) is 23.1 Å². The molecular formula is C11H13FN2O3. The Bertz CT molecular complexity index is 439. The van der Waals surface area contributed by atoms with Crippen molar-refractivity contribution in [2.24, 2.45) is 0 Å². The molecule has 0 amide bonds. The summed E-state index contributed by atoms with van der Waals surface area (Å²) in [5, 5.41) is 13.7. The van der Waals surface area contributed by atoms with E-state index in [0.717, 1.165) is 12.5 Å². The van der Waals surface area contributed by atoms with Gasteiger partial charge >= 0.3 is 0 Å². The molecule has 0 bridgehead atoms. The number of nitro groups is 1. The molecule has 1 saturated heterocycles. The molecule has 0 saturated carbocycles. The molecule has 1 heterocycles. The van der Waals surface area contributed by atoms with Gasteiger partial charge in [0.1, 0.15) is 5.82 Å². The molecule has 0 aliphatic carbocycles. The van der Waals surface area contributed by atoms with E-state index in [1.807, 2.05) is 6.92 Å². The fraction of sp³-hybridized carbons (Fsp3) is 0.455. The van der Waals surface area contributed by atoms with Crippen LogP contribution in [0.1, 0.15) is 13.3 Å². The van der Waals surface area contributed by atoms with Crippen LogP contribution in [0.2, 0.25) is 0 Å². The van der Waals surface area contributed by atoms with Crippen molar-refractivity contribution in [3.8, 4) is 0 Å². The topological polar surface area (TPSA) is 64.4 Å². The number of hydrogen-bond acceptors (Lipinski definition) is 4. The van der Waals surface area contributed by atoms with Crippen molar-refractivity contribution < 1.29 is 14.1 Å².